The van der Waals surface area contributed by atoms with Crippen molar-refractivity contribution < 1.29 is 39.3 Å². The predicted octanol–water partition coefficient (Wildman–Crippen LogP) is 3.82. The predicted molar refractivity (Wildman–Crippen MR) is 131 cm³/mol. The van der Waals surface area contributed by atoms with Crippen molar-refractivity contribution in [3.63, 3.8) is 0 Å². The number of esters is 1. The average molecular weight is 554 g/mol. The Labute approximate surface area is 214 Å². The Kier molecular flexibility index (Phi) is 9.00. The summed E-state index contributed by atoms with van der Waals surface area (Å²) in [5.74, 6) is -2.96. The SMILES string of the molecule is CC(C)COC(=O)[C@@H](Cc1ccc(OS(=O)(=O)c2ccccc2F)cc1)NS(=O)(=O)c1ccccc1F. The molecule has 0 spiro atoms. The zero-order valence-corrected chi connectivity index (χ0v) is 21.6. The van der Waals surface area contributed by atoms with E-state index in [0.717, 1.165) is 24.3 Å². The summed E-state index contributed by atoms with van der Waals surface area (Å²) in [4.78, 5) is 11.5. The fraction of sp³-hybridized carbons (Fsp3) is 0.240. The highest BCUT2D eigenvalue weighted by Crippen LogP contribution is 2.22. The van der Waals surface area contributed by atoms with E-state index in [4.69, 9.17) is 8.92 Å². The van der Waals surface area contributed by atoms with Gasteiger partial charge in [0.15, 0.2) is 0 Å². The maximum atomic E-state index is 14.1. The third-order valence-corrected chi connectivity index (χ3v) is 7.73. The lowest BCUT2D eigenvalue weighted by atomic mass is 10.1. The molecule has 0 saturated heterocycles. The second-order valence-corrected chi connectivity index (χ2v) is 11.6. The molecule has 12 heteroatoms. The summed E-state index contributed by atoms with van der Waals surface area (Å²) in [5, 5.41) is 0. The number of ether oxygens (including phenoxy) is 1. The van der Waals surface area contributed by atoms with Gasteiger partial charge in [0.2, 0.25) is 10.0 Å². The van der Waals surface area contributed by atoms with E-state index < -0.39 is 53.6 Å². The molecule has 0 heterocycles. The third kappa shape index (κ3) is 7.57. The lowest BCUT2D eigenvalue weighted by Crippen LogP contribution is -2.43. The Morgan fingerprint density at radius 1 is 0.838 bits per heavy atom. The molecule has 1 atom stereocenters. The molecule has 1 N–H and O–H groups in total. The quantitative estimate of drug-likeness (QED) is 0.284. The van der Waals surface area contributed by atoms with Crippen LogP contribution in [-0.2, 0) is 36.1 Å². The molecule has 0 amide bonds. The summed E-state index contributed by atoms with van der Waals surface area (Å²) in [7, 11) is -8.87. The number of halogens is 2. The summed E-state index contributed by atoms with van der Waals surface area (Å²) < 4.78 is 90.7. The second-order valence-electron chi connectivity index (χ2n) is 8.44. The molecule has 3 aromatic carbocycles. The summed E-state index contributed by atoms with van der Waals surface area (Å²) in [6, 6.07) is 13.4. The number of nitrogens with one attached hydrogen (secondary N) is 1. The molecule has 37 heavy (non-hydrogen) atoms. The first-order valence-electron chi connectivity index (χ1n) is 11.1. The van der Waals surface area contributed by atoms with Gasteiger partial charge in [-0.3, -0.25) is 4.79 Å². The molecule has 0 fully saturated rings. The Bertz CT molecular complexity index is 1460. The number of carbonyl (C=O) groups excluding carboxylic acids is 1. The van der Waals surface area contributed by atoms with E-state index in [1.807, 2.05) is 0 Å². The van der Waals surface area contributed by atoms with Crippen molar-refractivity contribution in [2.75, 3.05) is 6.61 Å². The highest BCUT2D eigenvalue weighted by molar-refractivity contribution is 7.89. The molecule has 0 bridgehead atoms. The van der Waals surface area contributed by atoms with Gasteiger partial charge < -0.3 is 8.92 Å². The van der Waals surface area contributed by atoms with Crippen LogP contribution in [0.25, 0.3) is 0 Å². The lowest BCUT2D eigenvalue weighted by molar-refractivity contribution is -0.146. The van der Waals surface area contributed by atoms with E-state index in [1.54, 1.807) is 13.8 Å². The van der Waals surface area contributed by atoms with Crippen molar-refractivity contribution in [3.8, 4) is 5.75 Å². The van der Waals surface area contributed by atoms with Crippen LogP contribution in [0.3, 0.4) is 0 Å². The molecule has 0 aliphatic heterocycles. The Morgan fingerprint density at radius 2 is 1.38 bits per heavy atom. The van der Waals surface area contributed by atoms with E-state index in [9.17, 15) is 30.4 Å². The maximum absolute atomic E-state index is 14.1. The van der Waals surface area contributed by atoms with Gasteiger partial charge in [0.05, 0.1) is 6.61 Å². The van der Waals surface area contributed by atoms with Gasteiger partial charge in [-0.15, -0.1) is 0 Å². The fourth-order valence-corrected chi connectivity index (χ4v) is 5.44. The largest absolute Gasteiger partial charge is 0.464 e. The first kappa shape index (κ1) is 28.2. The van der Waals surface area contributed by atoms with Gasteiger partial charge in [-0.2, -0.15) is 13.1 Å². The van der Waals surface area contributed by atoms with Crippen molar-refractivity contribution in [1.29, 1.82) is 0 Å². The number of carbonyl (C=O) groups is 1. The molecule has 0 aliphatic carbocycles. The van der Waals surface area contributed by atoms with Crippen molar-refractivity contribution in [2.45, 2.75) is 36.1 Å². The van der Waals surface area contributed by atoms with E-state index in [-0.39, 0.29) is 24.7 Å². The van der Waals surface area contributed by atoms with Gasteiger partial charge >= 0.3 is 16.1 Å². The first-order valence-corrected chi connectivity index (χ1v) is 14.0. The van der Waals surface area contributed by atoms with Crippen LogP contribution in [0, 0.1) is 17.6 Å². The molecule has 0 radical (unpaired) electrons. The van der Waals surface area contributed by atoms with Crippen LogP contribution >= 0.6 is 0 Å². The molecule has 0 aromatic heterocycles. The van der Waals surface area contributed by atoms with Crippen molar-refractivity contribution in [3.05, 3.63) is 90.0 Å². The fourth-order valence-electron chi connectivity index (χ4n) is 3.17. The number of hydrogen-bond acceptors (Lipinski definition) is 7. The van der Waals surface area contributed by atoms with Crippen molar-refractivity contribution in [2.24, 2.45) is 5.92 Å². The standard InChI is InChI=1S/C25H25F2NO7S2/c1-17(2)16-34-25(29)22(28-36(30,31)23-9-5-3-7-20(23)26)15-18-11-13-19(14-12-18)35-37(32,33)24-10-6-4-8-21(24)27/h3-14,17,22,28H,15-16H2,1-2H3/t22-/m1/s1. The summed E-state index contributed by atoms with van der Waals surface area (Å²) >= 11 is 0. The van der Waals surface area contributed by atoms with E-state index >= 15 is 0 Å². The number of hydrogen-bond donors (Lipinski definition) is 1. The summed E-state index contributed by atoms with van der Waals surface area (Å²) in [6.45, 7) is 3.65. The zero-order valence-electron chi connectivity index (χ0n) is 19.9. The summed E-state index contributed by atoms with van der Waals surface area (Å²) in [6.07, 6.45) is -0.190. The molecule has 3 aromatic rings. The van der Waals surface area contributed by atoms with E-state index in [2.05, 4.69) is 4.72 Å². The van der Waals surface area contributed by atoms with Crippen LogP contribution in [0.5, 0.6) is 5.75 Å². The van der Waals surface area contributed by atoms with Gasteiger partial charge in [0.25, 0.3) is 0 Å². The molecule has 0 unspecified atom stereocenters. The van der Waals surface area contributed by atoms with Crippen molar-refractivity contribution >= 4 is 26.1 Å². The lowest BCUT2D eigenvalue weighted by Gasteiger charge is -2.19. The van der Waals surface area contributed by atoms with Gasteiger partial charge in [0.1, 0.15) is 33.2 Å². The van der Waals surface area contributed by atoms with Crippen LogP contribution in [0.15, 0.2) is 82.6 Å². The van der Waals surface area contributed by atoms with Crippen LogP contribution in [0.4, 0.5) is 8.78 Å². The van der Waals surface area contributed by atoms with Crippen LogP contribution in [-0.4, -0.2) is 35.5 Å². The van der Waals surface area contributed by atoms with E-state index in [1.165, 1.54) is 48.5 Å². The zero-order chi connectivity index (χ0) is 27.2. The smallest absolute Gasteiger partial charge is 0.342 e. The van der Waals surface area contributed by atoms with E-state index in [0.29, 0.717) is 5.56 Å². The number of benzene rings is 3. The highest BCUT2D eigenvalue weighted by atomic mass is 32.2. The minimum Gasteiger partial charge on any atom is -0.464 e. The molecule has 198 valence electrons. The van der Waals surface area contributed by atoms with Crippen LogP contribution < -0.4 is 8.91 Å². The Hall–Kier alpha value is -3.35. The summed E-state index contributed by atoms with van der Waals surface area (Å²) in [5.41, 5.74) is 0.415. The molecular formula is C25H25F2NO7S2. The third-order valence-electron chi connectivity index (χ3n) is 4.94. The maximum Gasteiger partial charge on any atom is 0.342 e. The molecule has 0 aliphatic rings. The first-order chi connectivity index (χ1) is 17.4. The van der Waals surface area contributed by atoms with Crippen molar-refractivity contribution in [1.82, 2.24) is 4.72 Å². The van der Waals surface area contributed by atoms with Gasteiger partial charge in [-0.05, 0) is 54.3 Å². The highest BCUT2D eigenvalue weighted by Gasteiger charge is 2.29. The van der Waals surface area contributed by atoms with Gasteiger partial charge in [0, 0.05) is 0 Å². The van der Waals surface area contributed by atoms with Gasteiger partial charge in [-0.25, -0.2) is 17.2 Å². The number of rotatable bonds is 11. The minimum absolute atomic E-state index is 0.0133. The Morgan fingerprint density at radius 3 is 1.92 bits per heavy atom. The molecule has 8 nitrogen and oxygen atoms in total. The van der Waals surface area contributed by atoms with Crippen LogP contribution in [0.2, 0.25) is 0 Å². The molecule has 0 saturated carbocycles. The topological polar surface area (TPSA) is 116 Å². The minimum atomic E-state index is -4.44. The average Bonchev–Trinajstić information content (AvgIpc) is 2.83. The monoisotopic (exact) mass is 553 g/mol. The van der Waals surface area contributed by atoms with Gasteiger partial charge in [-0.1, -0.05) is 50.2 Å². The normalized spacial score (nSPS) is 12.8. The Balaban J connectivity index is 1.81. The van der Waals surface area contributed by atoms with Crippen LogP contribution in [0.1, 0.15) is 19.4 Å². The number of sulfonamides is 1. The second kappa shape index (κ2) is 11.8. The molecular weight excluding hydrogens is 528 g/mol. The molecule has 3 rings (SSSR count).